The largest absolute Gasteiger partial charge is 0.488 e. The molecule has 0 heterocycles. The summed E-state index contributed by atoms with van der Waals surface area (Å²) in [5.41, 5.74) is 7.92. The lowest BCUT2D eigenvalue weighted by molar-refractivity contribution is 0.0233. The zero-order chi connectivity index (χ0) is 31.6. The van der Waals surface area contributed by atoms with Gasteiger partial charge in [0.1, 0.15) is 12.4 Å². The molecule has 0 unspecified atom stereocenters. The molecule has 0 radical (unpaired) electrons. The number of amides is 2. The van der Waals surface area contributed by atoms with Crippen LogP contribution in [-0.2, 0) is 24.6 Å². The average molecular weight is 619 g/mol. The highest BCUT2D eigenvalue weighted by Crippen LogP contribution is 2.30. The van der Waals surface area contributed by atoms with Crippen molar-refractivity contribution in [2.75, 3.05) is 4.90 Å². The van der Waals surface area contributed by atoms with E-state index in [-0.39, 0.29) is 30.9 Å². The SMILES string of the molecule is CC(C)c1ccc(OCc2ccccc2)c(C(=O)N(Cc2ccc(C(=O)NOCc3ccccc3)cc2)c2ccc(Cl)cc2)c1. The summed E-state index contributed by atoms with van der Waals surface area (Å²) in [5.74, 6) is 0.168. The molecule has 0 fully saturated rings. The minimum Gasteiger partial charge on any atom is -0.488 e. The van der Waals surface area contributed by atoms with Gasteiger partial charge in [-0.25, -0.2) is 5.48 Å². The Morgan fingerprint density at radius 3 is 1.98 bits per heavy atom. The highest BCUT2D eigenvalue weighted by Gasteiger charge is 2.23. The van der Waals surface area contributed by atoms with Crippen LogP contribution in [-0.4, -0.2) is 11.8 Å². The number of hydrogen-bond acceptors (Lipinski definition) is 4. The van der Waals surface area contributed by atoms with Crippen molar-refractivity contribution in [1.29, 1.82) is 0 Å². The van der Waals surface area contributed by atoms with Crippen LogP contribution in [0.25, 0.3) is 0 Å². The Hall–Kier alpha value is -4.91. The third-order valence-electron chi connectivity index (χ3n) is 7.32. The van der Waals surface area contributed by atoms with Crippen LogP contribution in [0, 0.1) is 0 Å². The van der Waals surface area contributed by atoms with E-state index in [1.165, 1.54) is 0 Å². The molecule has 0 aromatic heterocycles. The molecule has 6 nitrogen and oxygen atoms in total. The average Bonchev–Trinajstić information content (AvgIpc) is 3.07. The number of hydrogen-bond donors (Lipinski definition) is 1. The number of carbonyl (C=O) groups excluding carboxylic acids is 2. The normalized spacial score (nSPS) is 10.8. The first-order valence-electron chi connectivity index (χ1n) is 14.8. The highest BCUT2D eigenvalue weighted by atomic mass is 35.5. The van der Waals surface area contributed by atoms with Crippen molar-refractivity contribution in [2.24, 2.45) is 0 Å². The van der Waals surface area contributed by atoms with Gasteiger partial charge < -0.3 is 9.64 Å². The first-order chi connectivity index (χ1) is 21.9. The van der Waals surface area contributed by atoms with E-state index in [9.17, 15) is 9.59 Å². The second kappa shape index (κ2) is 15.2. The van der Waals surface area contributed by atoms with E-state index in [0.29, 0.717) is 34.2 Å². The van der Waals surface area contributed by atoms with Gasteiger partial charge in [0, 0.05) is 16.3 Å². The van der Waals surface area contributed by atoms with Crippen molar-refractivity contribution in [3.05, 3.63) is 166 Å². The molecule has 0 aliphatic rings. The molecule has 5 aromatic rings. The Morgan fingerprint density at radius 1 is 0.733 bits per heavy atom. The van der Waals surface area contributed by atoms with Crippen molar-refractivity contribution in [3.8, 4) is 5.75 Å². The van der Waals surface area contributed by atoms with Gasteiger partial charge in [-0.15, -0.1) is 0 Å². The molecule has 2 amide bonds. The highest BCUT2D eigenvalue weighted by molar-refractivity contribution is 6.30. The third kappa shape index (κ3) is 8.60. The van der Waals surface area contributed by atoms with Crippen molar-refractivity contribution in [2.45, 2.75) is 39.5 Å². The Morgan fingerprint density at radius 2 is 1.36 bits per heavy atom. The Bertz CT molecular complexity index is 1710. The van der Waals surface area contributed by atoms with Gasteiger partial charge in [-0.05, 0) is 76.7 Å². The summed E-state index contributed by atoms with van der Waals surface area (Å²) in [5, 5.41) is 0.574. The topological polar surface area (TPSA) is 67.9 Å². The van der Waals surface area contributed by atoms with Crippen molar-refractivity contribution < 1.29 is 19.2 Å². The van der Waals surface area contributed by atoms with Crippen LogP contribution in [0.5, 0.6) is 5.75 Å². The first kappa shape index (κ1) is 31.5. The molecule has 0 atom stereocenters. The van der Waals surface area contributed by atoms with Crippen LogP contribution in [0.4, 0.5) is 5.69 Å². The summed E-state index contributed by atoms with van der Waals surface area (Å²) >= 11 is 6.20. The van der Waals surface area contributed by atoms with Crippen LogP contribution >= 0.6 is 11.6 Å². The van der Waals surface area contributed by atoms with Gasteiger partial charge >= 0.3 is 0 Å². The number of ether oxygens (including phenoxy) is 1. The maximum atomic E-state index is 14.4. The Kier molecular flexibility index (Phi) is 10.6. The van der Waals surface area contributed by atoms with Gasteiger partial charge in [0.15, 0.2) is 0 Å². The molecule has 5 aromatic carbocycles. The van der Waals surface area contributed by atoms with Crippen LogP contribution < -0.4 is 15.1 Å². The number of nitrogens with one attached hydrogen (secondary N) is 1. The number of nitrogens with zero attached hydrogens (tertiary/aromatic N) is 1. The number of hydroxylamine groups is 1. The summed E-state index contributed by atoms with van der Waals surface area (Å²) in [6.45, 7) is 5.04. The molecule has 7 heteroatoms. The number of benzene rings is 5. The quantitative estimate of drug-likeness (QED) is 0.142. The molecule has 0 bridgehead atoms. The molecular formula is C38H35ClN2O4. The van der Waals surface area contributed by atoms with Crippen molar-refractivity contribution >= 4 is 29.1 Å². The molecule has 0 aliphatic heterocycles. The van der Waals surface area contributed by atoms with Crippen molar-refractivity contribution in [1.82, 2.24) is 5.48 Å². The van der Waals surface area contributed by atoms with Crippen molar-refractivity contribution in [3.63, 3.8) is 0 Å². The second-order valence-electron chi connectivity index (χ2n) is 11.0. The fourth-order valence-electron chi connectivity index (χ4n) is 4.74. The van der Waals surface area contributed by atoms with Gasteiger partial charge in [-0.2, -0.15) is 0 Å². The fourth-order valence-corrected chi connectivity index (χ4v) is 4.87. The lowest BCUT2D eigenvalue weighted by atomic mass is 9.99. The number of rotatable bonds is 12. The second-order valence-corrected chi connectivity index (χ2v) is 11.4. The fraction of sp³-hybridized carbons (Fsp3) is 0.158. The van der Waals surface area contributed by atoms with E-state index in [1.807, 2.05) is 103 Å². The monoisotopic (exact) mass is 618 g/mol. The summed E-state index contributed by atoms with van der Waals surface area (Å²) in [7, 11) is 0. The van der Waals surface area contributed by atoms with Crippen LogP contribution in [0.3, 0.4) is 0 Å². The molecular weight excluding hydrogens is 584 g/mol. The number of anilines is 1. The Labute approximate surface area is 269 Å². The number of halogens is 1. The number of carbonyl (C=O) groups is 2. The Balaban J connectivity index is 1.37. The van der Waals surface area contributed by atoms with Crippen LogP contribution in [0.1, 0.15) is 62.7 Å². The molecule has 0 aliphatic carbocycles. The standard InChI is InChI=1S/C38H35ClN2O4/c1-27(2)32-17-22-36(44-25-29-9-5-3-6-10-29)35(23-32)38(43)41(34-20-18-33(39)19-21-34)24-28-13-15-31(16-14-28)37(42)40-45-26-30-11-7-4-8-12-30/h3-23,27H,24-26H2,1-2H3,(H,40,42). The van der Waals surface area contributed by atoms with Gasteiger partial charge in [-0.1, -0.05) is 104 Å². The van der Waals surface area contributed by atoms with Crippen LogP contribution in [0.15, 0.2) is 127 Å². The summed E-state index contributed by atoms with van der Waals surface area (Å²) in [4.78, 5) is 34.1. The van der Waals surface area contributed by atoms with Crippen LogP contribution in [0.2, 0.25) is 5.02 Å². The first-order valence-corrected chi connectivity index (χ1v) is 15.2. The summed E-state index contributed by atoms with van der Waals surface area (Å²) in [6, 6.07) is 39.5. The smallest absolute Gasteiger partial charge is 0.274 e. The van der Waals surface area contributed by atoms with E-state index >= 15 is 0 Å². The predicted molar refractivity (Wildman–Crippen MR) is 178 cm³/mol. The summed E-state index contributed by atoms with van der Waals surface area (Å²) < 4.78 is 6.21. The zero-order valence-corrected chi connectivity index (χ0v) is 26.0. The summed E-state index contributed by atoms with van der Waals surface area (Å²) in [6.07, 6.45) is 0. The lowest BCUT2D eigenvalue weighted by Crippen LogP contribution is -2.31. The predicted octanol–water partition coefficient (Wildman–Crippen LogP) is 8.75. The molecule has 0 saturated heterocycles. The van der Waals surface area contributed by atoms with Gasteiger partial charge in [0.25, 0.3) is 11.8 Å². The van der Waals surface area contributed by atoms with Gasteiger partial charge in [0.2, 0.25) is 0 Å². The minimum absolute atomic E-state index is 0.209. The molecule has 0 saturated carbocycles. The molecule has 5 rings (SSSR count). The van der Waals surface area contributed by atoms with E-state index < -0.39 is 0 Å². The lowest BCUT2D eigenvalue weighted by Gasteiger charge is -2.25. The van der Waals surface area contributed by atoms with E-state index in [2.05, 4.69) is 19.3 Å². The van der Waals surface area contributed by atoms with E-state index in [0.717, 1.165) is 22.3 Å². The maximum absolute atomic E-state index is 14.4. The minimum atomic E-state index is -0.353. The van der Waals surface area contributed by atoms with Gasteiger partial charge in [0.05, 0.1) is 18.7 Å². The third-order valence-corrected chi connectivity index (χ3v) is 7.58. The maximum Gasteiger partial charge on any atom is 0.274 e. The molecule has 0 spiro atoms. The van der Waals surface area contributed by atoms with E-state index in [4.69, 9.17) is 21.2 Å². The molecule has 45 heavy (non-hydrogen) atoms. The van der Waals surface area contributed by atoms with E-state index in [1.54, 1.807) is 29.2 Å². The van der Waals surface area contributed by atoms with Gasteiger partial charge in [-0.3, -0.25) is 14.4 Å². The zero-order valence-electron chi connectivity index (χ0n) is 25.3. The molecule has 228 valence electrons. The molecule has 1 N–H and O–H groups in total.